The highest BCUT2D eigenvalue weighted by atomic mass is 16.6. The van der Waals surface area contributed by atoms with Crippen LogP contribution in [0, 0.1) is 0 Å². The minimum atomic E-state index is -0.790. The van der Waals surface area contributed by atoms with Crippen molar-refractivity contribution in [2.75, 3.05) is 19.7 Å². The Bertz CT molecular complexity index is 476. The molecule has 1 aromatic rings. The predicted octanol–water partition coefficient (Wildman–Crippen LogP) is -0.577. The van der Waals surface area contributed by atoms with Gasteiger partial charge in [-0.15, -0.1) is 0 Å². The molecular weight excluding hydrogens is 276 g/mol. The van der Waals surface area contributed by atoms with Crippen molar-refractivity contribution >= 4 is 17.9 Å². The molecule has 8 heteroatoms. The van der Waals surface area contributed by atoms with Crippen molar-refractivity contribution in [2.45, 2.75) is 12.8 Å². The zero-order valence-corrected chi connectivity index (χ0v) is 11.5. The molecule has 1 rings (SSSR count). The van der Waals surface area contributed by atoms with E-state index in [1.165, 1.54) is 0 Å². The summed E-state index contributed by atoms with van der Waals surface area (Å²) in [7, 11) is 0. The first-order chi connectivity index (χ1) is 9.99. The second-order valence-corrected chi connectivity index (χ2v) is 4.36. The van der Waals surface area contributed by atoms with Gasteiger partial charge in [0.25, 0.3) is 0 Å². The lowest BCUT2D eigenvalue weighted by Crippen LogP contribution is -2.43. The third-order valence-corrected chi connectivity index (χ3v) is 2.54. The van der Waals surface area contributed by atoms with E-state index in [0.29, 0.717) is 6.42 Å². The number of nitrogens with two attached hydrogens (primary N) is 2. The van der Waals surface area contributed by atoms with E-state index in [1.807, 2.05) is 12.1 Å². The Morgan fingerprint density at radius 3 is 2.19 bits per heavy atom. The van der Waals surface area contributed by atoms with Crippen molar-refractivity contribution < 1.29 is 19.1 Å². The van der Waals surface area contributed by atoms with Crippen LogP contribution in [0.25, 0.3) is 0 Å². The van der Waals surface area contributed by atoms with Crippen molar-refractivity contribution in [3.63, 3.8) is 0 Å². The number of hydrogen-bond donors (Lipinski definition) is 2. The average Bonchev–Trinajstić information content (AvgIpc) is 2.43. The number of pyridine rings is 1. The fourth-order valence-corrected chi connectivity index (χ4v) is 1.64. The molecule has 0 aliphatic heterocycles. The highest BCUT2D eigenvalue weighted by Gasteiger charge is 2.19. The standard InChI is InChI=1S/C13H18N4O4/c14-11(18)8-17(9-12(15)19)13(20)21-7-1-2-10-3-5-16-6-4-10/h3-6H,1-2,7-9H2,(H2,14,18)(H2,15,19). The van der Waals surface area contributed by atoms with Gasteiger partial charge in [-0.25, -0.2) is 4.79 Å². The van der Waals surface area contributed by atoms with Crippen LogP contribution in [0.4, 0.5) is 4.79 Å². The molecular formula is C13H18N4O4. The molecule has 8 nitrogen and oxygen atoms in total. The van der Waals surface area contributed by atoms with Crippen molar-refractivity contribution in [3.05, 3.63) is 30.1 Å². The molecule has 0 unspecified atom stereocenters. The van der Waals surface area contributed by atoms with Gasteiger partial charge in [-0.2, -0.15) is 0 Å². The van der Waals surface area contributed by atoms with Gasteiger partial charge in [-0.05, 0) is 30.5 Å². The summed E-state index contributed by atoms with van der Waals surface area (Å²) < 4.78 is 4.98. The third-order valence-electron chi connectivity index (χ3n) is 2.54. The SMILES string of the molecule is NC(=O)CN(CC(N)=O)C(=O)OCCCc1ccncc1. The summed E-state index contributed by atoms with van der Waals surface area (Å²) >= 11 is 0. The minimum absolute atomic E-state index is 0.162. The summed E-state index contributed by atoms with van der Waals surface area (Å²) in [6.07, 6.45) is 3.91. The first-order valence-corrected chi connectivity index (χ1v) is 6.36. The number of amides is 3. The first-order valence-electron chi connectivity index (χ1n) is 6.36. The number of ether oxygens (including phenoxy) is 1. The van der Waals surface area contributed by atoms with Crippen molar-refractivity contribution in [1.29, 1.82) is 0 Å². The molecule has 0 saturated carbocycles. The molecule has 0 spiro atoms. The summed E-state index contributed by atoms with van der Waals surface area (Å²) in [5.74, 6) is -1.49. The van der Waals surface area contributed by atoms with E-state index >= 15 is 0 Å². The molecule has 0 aliphatic rings. The Hall–Kier alpha value is -2.64. The Morgan fingerprint density at radius 2 is 1.67 bits per heavy atom. The number of primary amides is 2. The molecule has 0 aromatic carbocycles. The van der Waals surface area contributed by atoms with Gasteiger partial charge in [0.05, 0.1) is 6.61 Å². The van der Waals surface area contributed by atoms with Gasteiger partial charge in [0.1, 0.15) is 13.1 Å². The number of hydrogen-bond acceptors (Lipinski definition) is 5. The number of rotatable bonds is 8. The average molecular weight is 294 g/mol. The molecule has 0 atom stereocenters. The topological polar surface area (TPSA) is 129 Å². The van der Waals surface area contributed by atoms with Crippen LogP contribution in [0.1, 0.15) is 12.0 Å². The molecule has 0 radical (unpaired) electrons. The minimum Gasteiger partial charge on any atom is -0.449 e. The van der Waals surface area contributed by atoms with Gasteiger partial charge < -0.3 is 16.2 Å². The van der Waals surface area contributed by atoms with Crippen LogP contribution in [-0.2, 0) is 20.7 Å². The largest absolute Gasteiger partial charge is 0.449 e. The zero-order valence-electron chi connectivity index (χ0n) is 11.5. The highest BCUT2D eigenvalue weighted by Crippen LogP contribution is 2.02. The highest BCUT2D eigenvalue weighted by molar-refractivity contribution is 5.85. The number of aryl methyl sites for hydroxylation is 1. The van der Waals surface area contributed by atoms with Crippen LogP contribution >= 0.6 is 0 Å². The maximum absolute atomic E-state index is 11.7. The summed E-state index contributed by atoms with van der Waals surface area (Å²) in [6.45, 7) is -0.659. The van der Waals surface area contributed by atoms with Crippen LogP contribution in [0.2, 0.25) is 0 Å². The van der Waals surface area contributed by atoms with Crippen LogP contribution in [0.5, 0.6) is 0 Å². The van der Waals surface area contributed by atoms with E-state index in [2.05, 4.69) is 4.98 Å². The Morgan fingerprint density at radius 1 is 1.10 bits per heavy atom. The van der Waals surface area contributed by atoms with Gasteiger partial charge in [-0.3, -0.25) is 19.5 Å². The number of carbonyl (C=O) groups excluding carboxylic acids is 3. The monoisotopic (exact) mass is 294 g/mol. The van der Waals surface area contributed by atoms with Gasteiger partial charge in [0, 0.05) is 12.4 Å². The Kier molecular flexibility index (Phi) is 6.66. The van der Waals surface area contributed by atoms with E-state index in [4.69, 9.17) is 16.2 Å². The third kappa shape index (κ3) is 6.90. The molecule has 4 N–H and O–H groups in total. The quantitative estimate of drug-likeness (QED) is 0.620. The maximum atomic E-state index is 11.7. The predicted molar refractivity (Wildman–Crippen MR) is 73.9 cm³/mol. The van der Waals surface area contributed by atoms with E-state index in [1.54, 1.807) is 12.4 Å². The van der Waals surface area contributed by atoms with E-state index < -0.39 is 31.0 Å². The first kappa shape index (κ1) is 16.4. The molecule has 0 saturated heterocycles. The molecule has 0 bridgehead atoms. The summed E-state index contributed by atoms with van der Waals surface area (Å²) in [6, 6.07) is 3.74. The van der Waals surface area contributed by atoms with Crippen LogP contribution < -0.4 is 11.5 Å². The van der Waals surface area contributed by atoms with Crippen molar-refractivity contribution in [3.8, 4) is 0 Å². The molecule has 0 fully saturated rings. The lowest BCUT2D eigenvalue weighted by Gasteiger charge is -2.18. The van der Waals surface area contributed by atoms with Crippen LogP contribution in [0.15, 0.2) is 24.5 Å². The van der Waals surface area contributed by atoms with Gasteiger partial charge in [0.2, 0.25) is 11.8 Å². The Balaban J connectivity index is 2.35. The number of nitrogens with zero attached hydrogens (tertiary/aromatic N) is 2. The van der Waals surface area contributed by atoms with Crippen molar-refractivity contribution in [2.24, 2.45) is 11.5 Å². The molecule has 1 heterocycles. The molecule has 21 heavy (non-hydrogen) atoms. The van der Waals surface area contributed by atoms with Crippen molar-refractivity contribution in [1.82, 2.24) is 9.88 Å². The summed E-state index contributed by atoms with van der Waals surface area (Å²) in [5.41, 5.74) is 11.1. The molecule has 3 amide bonds. The summed E-state index contributed by atoms with van der Waals surface area (Å²) in [5, 5.41) is 0. The molecule has 1 aromatic heterocycles. The Labute approximate surface area is 122 Å². The van der Waals surface area contributed by atoms with Gasteiger partial charge >= 0.3 is 6.09 Å². The van der Waals surface area contributed by atoms with Crippen LogP contribution in [-0.4, -0.2) is 47.5 Å². The normalized spacial score (nSPS) is 9.90. The lowest BCUT2D eigenvalue weighted by molar-refractivity contribution is -0.121. The van der Waals surface area contributed by atoms with E-state index in [0.717, 1.165) is 16.9 Å². The number of carbonyl (C=O) groups is 3. The molecule has 0 aliphatic carbocycles. The zero-order chi connectivity index (χ0) is 15.7. The second kappa shape index (κ2) is 8.51. The number of aromatic nitrogens is 1. The van der Waals surface area contributed by atoms with Gasteiger partial charge in [-0.1, -0.05) is 0 Å². The van der Waals surface area contributed by atoms with Crippen LogP contribution in [0.3, 0.4) is 0 Å². The smallest absolute Gasteiger partial charge is 0.410 e. The summed E-state index contributed by atoms with van der Waals surface area (Å²) in [4.78, 5) is 38.1. The maximum Gasteiger partial charge on any atom is 0.410 e. The fraction of sp³-hybridized carbons (Fsp3) is 0.385. The second-order valence-electron chi connectivity index (χ2n) is 4.36. The van der Waals surface area contributed by atoms with E-state index in [9.17, 15) is 14.4 Å². The lowest BCUT2D eigenvalue weighted by atomic mass is 10.1. The fourth-order valence-electron chi connectivity index (χ4n) is 1.64. The van der Waals surface area contributed by atoms with Gasteiger partial charge in [0.15, 0.2) is 0 Å². The van der Waals surface area contributed by atoms with E-state index in [-0.39, 0.29) is 6.61 Å². The molecule has 114 valence electrons.